The molecule has 242 valence electrons. The quantitative estimate of drug-likeness (QED) is 0.191. The molecule has 1 atom stereocenters. The topological polar surface area (TPSA) is 159 Å². The van der Waals surface area contributed by atoms with E-state index in [1.54, 1.807) is 58.4 Å². The van der Waals surface area contributed by atoms with Crippen molar-refractivity contribution in [1.29, 1.82) is 0 Å². The van der Waals surface area contributed by atoms with Crippen LogP contribution in [0, 0.1) is 0 Å². The van der Waals surface area contributed by atoms with Gasteiger partial charge >= 0.3 is 27.7 Å². The fourth-order valence-corrected chi connectivity index (χ4v) is 3.22. The summed E-state index contributed by atoms with van der Waals surface area (Å²) in [4.78, 5) is 25.1. The average molecular weight is 645 g/mol. The zero-order valence-electron chi connectivity index (χ0n) is 25.0. The van der Waals surface area contributed by atoms with Crippen LogP contribution in [0.2, 0.25) is 0 Å². The van der Waals surface area contributed by atoms with Gasteiger partial charge in [0.2, 0.25) is 0 Å². The summed E-state index contributed by atoms with van der Waals surface area (Å²) in [5.74, 6) is 0.0959. The van der Waals surface area contributed by atoms with Crippen molar-refractivity contribution < 1.29 is 49.9 Å². The second kappa shape index (κ2) is 14.5. The summed E-state index contributed by atoms with van der Waals surface area (Å²) in [5.41, 5.74) is -4.35. The zero-order chi connectivity index (χ0) is 33.3. The number of alkyl halides is 3. The van der Waals surface area contributed by atoms with Crippen LogP contribution < -0.4 is 10.1 Å². The van der Waals surface area contributed by atoms with Crippen molar-refractivity contribution in [2.75, 3.05) is 0 Å². The first kappa shape index (κ1) is 36.0. The number of alkyl carbamates (subject to hydrolysis) is 1. The Morgan fingerprint density at radius 3 is 1.98 bits per heavy atom. The fourth-order valence-electron chi connectivity index (χ4n) is 3.22. The van der Waals surface area contributed by atoms with Gasteiger partial charge in [0.1, 0.15) is 28.7 Å². The van der Waals surface area contributed by atoms with E-state index in [1.165, 1.54) is 0 Å². The minimum atomic E-state index is -5.84. The Labute approximate surface area is 253 Å². The minimum Gasteiger partial charge on any atom is -0.471 e. The third-order valence-electron chi connectivity index (χ3n) is 5.01. The van der Waals surface area contributed by atoms with Gasteiger partial charge in [0.25, 0.3) is 0 Å². The normalized spacial score (nSPS) is 12.8. The highest BCUT2D eigenvalue weighted by atomic mass is 32.2. The summed E-state index contributed by atoms with van der Waals surface area (Å²) >= 11 is 0. The number of nitrogens with zero attached hydrogens (tertiary/aromatic N) is 3. The SMILES string of the molecule is CC(C)(C)OC(=O)NC(Cc1ccc(OCn2cc(-c3ccccc3)nn2)cc1)C(=O)OC(C)(C)C.O=S(=O)(O)C(F)(F)F. The molecule has 0 aliphatic carbocycles. The monoisotopic (exact) mass is 644 g/mol. The van der Waals surface area contributed by atoms with Crippen LogP contribution in [-0.2, 0) is 37.5 Å². The predicted octanol–water partition coefficient (Wildman–Crippen LogP) is 5.15. The van der Waals surface area contributed by atoms with E-state index < -0.39 is 44.9 Å². The molecule has 1 unspecified atom stereocenters. The zero-order valence-corrected chi connectivity index (χ0v) is 25.8. The molecule has 12 nitrogen and oxygen atoms in total. The molecule has 44 heavy (non-hydrogen) atoms. The van der Waals surface area contributed by atoms with Crippen molar-refractivity contribution in [2.24, 2.45) is 0 Å². The number of benzene rings is 2. The third-order valence-corrected chi connectivity index (χ3v) is 5.59. The second-order valence-corrected chi connectivity index (χ2v) is 12.7. The molecule has 0 radical (unpaired) electrons. The summed E-state index contributed by atoms with van der Waals surface area (Å²) in [7, 11) is -5.84. The molecule has 1 heterocycles. The molecule has 1 amide bonds. The fraction of sp³-hybridized carbons (Fsp3) is 0.429. The Morgan fingerprint density at radius 1 is 0.932 bits per heavy atom. The molecule has 2 N–H and O–H groups in total. The van der Waals surface area contributed by atoms with Crippen LogP contribution in [0.3, 0.4) is 0 Å². The Bertz CT molecular complexity index is 1480. The van der Waals surface area contributed by atoms with E-state index in [4.69, 9.17) is 27.2 Å². The summed E-state index contributed by atoms with van der Waals surface area (Å²) < 4.78 is 75.8. The lowest BCUT2D eigenvalue weighted by atomic mass is 10.1. The number of esters is 1. The molecule has 0 aliphatic heterocycles. The van der Waals surface area contributed by atoms with Crippen LogP contribution in [-0.4, -0.2) is 62.8 Å². The summed E-state index contributed by atoms with van der Waals surface area (Å²) in [6, 6.07) is 16.1. The summed E-state index contributed by atoms with van der Waals surface area (Å²) in [6.07, 6.45) is 1.37. The molecule has 3 rings (SSSR count). The number of hydrogen-bond donors (Lipinski definition) is 2. The van der Waals surface area contributed by atoms with Gasteiger partial charge in [-0.05, 0) is 59.2 Å². The van der Waals surface area contributed by atoms with Crippen LogP contribution in [0.5, 0.6) is 5.75 Å². The maximum atomic E-state index is 12.8. The molecule has 1 aromatic heterocycles. The number of ether oxygens (including phenoxy) is 3. The third kappa shape index (κ3) is 13.0. The van der Waals surface area contributed by atoms with Crippen LogP contribution >= 0.6 is 0 Å². The van der Waals surface area contributed by atoms with Crippen LogP contribution in [0.15, 0.2) is 60.8 Å². The molecular weight excluding hydrogens is 609 g/mol. The van der Waals surface area contributed by atoms with E-state index in [1.807, 2.05) is 48.7 Å². The van der Waals surface area contributed by atoms with Crippen LogP contribution in [0.4, 0.5) is 18.0 Å². The first-order valence-corrected chi connectivity index (χ1v) is 14.5. The number of halogens is 3. The van der Waals surface area contributed by atoms with Gasteiger partial charge in [0.15, 0.2) is 6.73 Å². The molecular formula is C28H35F3N4O8S. The van der Waals surface area contributed by atoms with Gasteiger partial charge in [-0.15, -0.1) is 5.10 Å². The van der Waals surface area contributed by atoms with Crippen molar-refractivity contribution in [1.82, 2.24) is 20.3 Å². The highest BCUT2D eigenvalue weighted by Crippen LogP contribution is 2.21. The lowest BCUT2D eigenvalue weighted by Gasteiger charge is -2.26. The number of amides is 1. The molecule has 0 saturated heterocycles. The van der Waals surface area contributed by atoms with Gasteiger partial charge in [-0.25, -0.2) is 14.3 Å². The lowest BCUT2D eigenvalue weighted by Crippen LogP contribution is -2.47. The van der Waals surface area contributed by atoms with Crippen molar-refractivity contribution in [2.45, 2.75) is 77.4 Å². The smallest absolute Gasteiger partial charge is 0.471 e. The molecule has 16 heteroatoms. The molecule has 2 aromatic carbocycles. The van der Waals surface area contributed by atoms with Gasteiger partial charge < -0.3 is 19.5 Å². The molecule has 0 bridgehead atoms. The number of rotatable bonds is 8. The van der Waals surface area contributed by atoms with Crippen molar-refractivity contribution >= 4 is 22.2 Å². The van der Waals surface area contributed by atoms with Crippen molar-refractivity contribution in [3.63, 3.8) is 0 Å². The first-order valence-electron chi connectivity index (χ1n) is 13.1. The molecule has 0 spiro atoms. The summed E-state index contributed by atoms with van der Waals surface area (Å²) in [6.45, 7) is 10.8. The van der Waals surface area contributed by atoms with E-state index in [9.17, 15) is 22.8 Å². The Hall–Kier alpha value is -4.18. The Morgan fingerprint density at radius 2 is 1.48 bits per heavy atom. The van der Waals surface area contributed by atoms with E-state index in [2.05, 4.69) is 15.6 Å². The van der Waals surface area contributed by atoms with Gasteiger partial charge in [-0.1, -0.05) is 47.7 Å². The maximum Gasteiger partial charge on any atom is 0.522 e. The number of carbonyl (C=O) groups is 2. The maximum absolute atomic E-state index is 12.8. The molecule has 3 aromatic rings. The van der Waals surface area contributed by atoms with Gasteiger partial charge in [0, 0.05) is 12.0 Å². The van der Waals surface area contributed by atoms with E-state index in [0.29, 0.717) is 5.75 Å². The minimum absolute atomic E-state index is 0.194. The number of nitrogens with one attached hydrogen (secondary N) is 1. The van der Waals surface area contributed by atoms with E-state index >= 15 is 0 Å². The highest BCUT2D eigenvalue weighted by Gasteiger charge is 2.44. The molecule has 0 fully saturated rings. The van der Waals surface area contributed by atoms with Crippen molar-refractivity contribution in [3.8, 4) is 17.0 Å². The number of carbonyl (C=O) groups excluding carboxylic acids is 2. The molecule has 0 aliphatic rings. The highest BCUT2D eigenvalue weighted by molar-refractivity contribution is 7.86. The van der Waals surface area contributed by atoms with Gasteiger partial charge in [-0.2, -0.15) is 21.6 Å². The molecule has 0 saturated carbocycles. The van der Waals surface area contributed by atoms with Crippen LogP contribution in [0.25, 0.3) is 11.3 Å². The van der Waals surface area contributed by atoms with Gasteiger partial charge in [0.05, 0.1) is 6.20 Å². The Kier molecular flexibility index (Phi) is 11.9. The Balaban J connectivity index is 0.000000742. The van der Waals surface area contributed by atoms with Crippen molar-refractivity contribution in [3.05, 3.63) is 66.4 Å². The largest absolute Gasteiger partial charge is 0.522 e. The second-order valence-electron chi connectivity index (χ2n) is 11.3. The van der Waals surface area contributed by atoms with E-state index in [-0.39, 0.29) is 13.2 Å². The van der Waals surface area contributed by atoms with Crippen LogP contribution in [0.1, 0.15) is 47.1 Å². The summed E-state index contributed by atoms with van der Waals surface area (Å²) in [5, 5.41) is 10.9. The average Bonchev–Trinajstić information content (AvgIpc) is 3.35. The number of hydrogen-bond acceptors (Lipinski definition) is 9. The van der Waals surface area contributed by atoms with E-state index in [0.717, 1.165) is 16.8 Å². The van der Waals surface area contributed by atoms with Gasteiger partial charge in [-0.3, -0.25) is 4.55 Å². The first-order chi connectivity index (χ1) is 20.1. The predicted molar refractivity (Wildman–Crippen MR) is 153 cm³/mol. The standard InChI is InChI=1S/C27H34N4O5.CHF3O3S/c1-26(2,3)35-24(32)22(28-25(33)36-27(4,5)6)16-19-12-14-21(15-13-19)34-18-31-17-23(29-30-31)20-10-8-7-9-11-20;2-1(3,4)8(5,6)7/h7-15,17,22H,16,18H2,1-6H3,(H,28,33);(H,5,6,7). The number of aromatic nitrogens is 3. The lowest BCUT2D eigenvalue weighted by molar-refractivity contribution is -0.157.